The first kappa shape index (κ1) is 16.2. The van der Waals surface area contributed by atoms with Crippen LogP contribution in [0.1, 0.15) is 18.4 Å². The normalized spacial score (nSPS) is 11.1. The minimum atomic E-state index is -3.83. The molecular formula is C16H17NO4S. The summed E-state index contributed by atoms with van der Waals surface area (Å²) in [6.07, 6.45) is 1.48. The van der Waals surface area contributed by atoms with Gasteiger partial charge >= 0.3 is 5.97 Å². The molecule has 0 amide bonds. The van der Waals surface area contributed by atoms with E-state index in [2.05, 4.69) is 4.84 Å². The van der Waals surface area contributed by atoms with E-state index in [1.807, 2.05) is 35.2 Å². The topological polar surface area (TPSA) is 72.5 Å². The first-order valence-corrected chi connectivity index (χ1v) is 8.37. The summed E-state index contributed by atoms with van der Waals surface area (Å²) in [5, 5.41) is 0. The van der Waals surface area contributed by atoms with Crippen LogP contribution in [0.3, 0.4) is 0 Å². The van der Waals surface area contributed by atoms with Crippen molar-refractivity contribution in [2.75, 3.05) is 0 Å². The van der Waals surface area contributed by atoms with Crippen LogP contribution in [-0.2, 0) is 26.1 Å². The zero-order valence-electron chi connectivity index (χ0n) is 11.9. The first-order chi connectivity index (χ1) is 10.6. The van der Waals surface area contributed by atoms with Gasteiger partial charge in [0.15, 0.2) is 0 Å². The molecule has 2 aromatic carbocycles. The second-order valence-electron chi connectivity index (χ2n) is 4.71. The molecule has 5 nitrogen and oxygen atoms in total. The average Bonchev–Trinajstić information content (AvgIpc) is 2.55. The van der Waals surface area contributed by atoms with Gasteiger partial charge in [-0.25, -0.2) is 8.42 Å². The summed E-state index contributed by atoms with van der Waals surface area (Å²) in [5.41, 5.74) is 1.13. The molecule has 0 heterocycles. The van der Waals surface area contributed by atoms with Gasteiger partial charge in [-0.2, -0.15) is 0 Å². The van der Waals surface area contributed by atoms with Gasteiger partial charge in [-0.1, -0.05) is 48.5 Å². The van der Waals surface area contributed by atoms with Crippen molar-refractivity contribution in [2.45, 2.75) is 24.2 Å². The molecule has 0 aromatic heterocycles. The van der Waals surface area contributed by atoms with Crippen LogP contribution in [0.5, 0.6) is 0 Å². The smallest absolute Gasteiger partial charge is 0.326 e. The fourth-order valence-electron chi connectivity index (χ4n) is 1.88. The van der Waals surface area contributed by atoms with Crippen molar-refractivity contribution in [3.8, 4) is 0 Å². The largest absolute Gasteiger partial charge is 0.356 e. The molecule has 0 atom stereocenters. The molecule has 0 aliphatic heterocycles. The van der Waals surface area contributed by atoms with Crippen LogP contribution in [0.2, 0.25) is 0 Å². The van der Waals surface area contributed by atoms with Crippen LogP contribution in [0.4, 0.5) is 0 Å². The van der Waals surface area contributed by atoms with Crippen molar-refractivity contribution >= 4 is 16.0 Å². The summed E-state index contributed by atoms with van der Waals surface area (Å²) in [4.78, 5) is 18.1. The predicted molar refractivity (Wildman–Crippen MR) is 82.2 cm³/mol. The van der Waals surface area contributed by atoms with E-state index in [0.717, 1.165) is 12.0 Å². The molecule has 0 saturated heterocycles. The zero-order chi connectivity index (χ0) is 15.8. The maximum Gasteiger partial charge on any atom is 0.326 e. The molecular weight excluding hydrogens is 302 g/mol. The molecule has 0 saturated carbocycles. The Bertz CT molecular complexity index is 699. The van der Waals surface area contributed by atoms with Crippen LogP contribution in [0.15, 0.2) is 65.6 Å². The van der Waals surface area contributed by atoms with Gasteiger partial charge < -0.3 is 4.84 Å². The van der Waals surface area contributed by atoms with Gasteiger partial charge in [0.05, 0.1) is 4.90 Å². The van der Waals surface area contributed by atoms with E-state index in [9.17, 15) is 13.2 Å². The lowest BCUT2D eigenvalue weighted by molar-refractivity contribution is -0.147. The molecule has 0 spiro atoms. The maximum absolute atomic E-state index is 11.8. The Hall–Kier alpha value is -2.18. The highest BCUT2D eigenvalue weighted by molar-refractivity contribution is 7.89. The number of sulfonamides is 1. The average molecular weight is 319 g/mol. The van der Waals surface area contributed by atoms with Crippen LogP contribution in [0.25, 0.3) is 0 Å². The lowest BCUT2D eigenvalue weighted by Gasteiger charge is -2.07. The second-order valence-corrected chi connectivity index (χ2v) is 6.36. The summed E-state index contributed by atoms with van der Waals surface area (Å²) in [6, 6.07) is 17.5. The molecule has 0 fully saturated rings. The third kappa shape index (κ3) is 4.98. The fourth-order valence-corrected chi connectivity index (χ4v) is 2.70. The molecule has 0 unspecified atom stereocenters. The molecule has 1 N–H and O–H groups in total. The number of aryl methyl sites for hydroxylation is 1. The second kappa shape index (κ2) is 7.72. The predicted octanol–water partition coefficient (Wildman–Crippen LogP) is 2.45. The zero-order valence-corrected chi connectivity index (χ0v) is 12.8. The third-order valence-corrected chi connectivity index (χ3v) is 4.20. The standard InChI is InChI=1S/C16H17NO4S/c18-16(13-7-10-14-8-3-1-4-9-14)21-17-22(19,20)15-11-5-2-6-12-15/h1-6,8-9,11-12,17H,7,10,13H2. The van der Waals surface area contributed by atoms with E-state index in [0.29, 0.717) is 6.42 Å². The summed E-state index contributed by atoms with van der Waals surface area (Å²) in [6.45, 7) is 0. The Morgan fingerprint density at radius 1 is 0.955 bits per heavy atom. The van der Waals surface area contributed by atoms with Gasteiger partial charge in [-0.15, -0.1) is 0 Å². The molecule has 6 heteroatoms. The van der Waals surface area contributed by atoms with Crippen molar-refractivity contribution in [1.82, 2.24) is 4.89 Å². The monoisotopic (exact) mass is 319 g/mol. The quantitative estimate of drug-likeness (QED) is 0.796. The number of benzene rings is 2. The number of hydrogen-bond donors (Lipinski definition) is 1. The van der Waals surface area contributed by atoms with Crippen molar-refractivity contribution < 1.29 is 18.0 Å². The number of rotatable bonds is 7. The highest BCUT2D eigenvalue weighted by atomic mass is 32.2. The van der Waals surface area contributed by atoms with Crippen molar-refractivity contribution in [1.29, 1.82) is 0 Å². The molecule has 0 bridgehead atoms. The Labute approximate surface area is 129 Å². The number of nitrogens with one attached hydrogen (secondary N) is 1. The Balaban J connectivity index is 1.76. The van der Waals surface area contributed by atoms with E-state index in [-0.39, 0.29) is 11.3 Å². The molecule has 116 valence electrons. The van der Waals surface area contributed by atoms with Crippen molar-refractivity contribution in [3.05, 3.63) is 66.2 Å². The van der Waals surface area contributed by atoms with E-state index >= 15 is 0 Å². The minimum absolute atomic E-state index is 0.0482. The summed E-state index contributed by atoms with van der Waals surface area (Å²) < 4.78 is 23.7. The Morgan fingerprint density at radius 3 is 2.18 bits per heavy atom. The lowest BCUT2D eigenvalue weighted by atomic mass is 10.1. The molecule has 0 aliphatic carbocycles. The SMILES string of the molecule is O=C(CCCc1ccccc1)ONS(=O)(=O)c1ccccc1. The minimum Gasteiger partial charge on any atom is -0.356 e. The summed E-state index contributed by atoms with van der Waals surface area (Å²) in [7, 11) is -3.83. The third-order valence-electron chi connectivity index (χ3n) is 3.01. The van der Waals surface area contributed by atoms with Crippen LogP contribution < -0.4 is 4.89 Å². The van der Waals surface area contributed by atoms with Gasteiger partial charge in [0.2, 0.25) is 0 Å². The maximum atomic E-state index is 11.8. The van der Waals surface area contributed by atoms with E-state index in [1.54, 1.807) is 18.2 Å². The Morgan fingerprint density at radius 2 is 1.55 bits per heavy atom. The highest BCUT2D eigenvalue weighted by Gasteiger charge is 2.15. The van der Waals surface area contributed by atoms with Crippen molar-refractivity contribution in [2.24, 2.45) is 0 Å². The van der Waals surface area contributed by atoms with E-state index < -0.39 is 16.0 Å². The highest BCUT2D eigenvalue weighted by Crippen LogP contribution is 2.08. The van der Waals surface area contributed by atoms with Gasteiger partial charge in [0.25, 0.3) is 10.0 Å². The fraction of sp³-hybridized carbons (Fsp3) is 0.188. The summed E-state index contributed by atoms with van der Waals surface area (Å²) >= 11 is 0. The van der Waals surface area contributed by atoms with Gasteiger partial charge in [0, 0.05) is 6.42 Å². The molecule has 22 heavy (non-hydrogen) atoms. The number of carbonyl (C=O) groups is 1. The van der Waals surface area contributed by atoms with Crippen LogP contribution >= 0.6 is 0 Å². The van der Waals surface area contributed by atoms with Gasteiger partial charge in [-0.3, -0.25) is 4.79 Å². The van der Waals surface area contributed by atoms with E-state index in [1.165, 1.54) is 12.1 Å². The van der Waals surface area contributed by atoms with Crippen LogP contribution in [0, 0.1) is 0 Å². The molecule has 2 aromatic rings. The molecule has 2 rings (SSSR count). The van der Waals surface area contributed by atoms with Crippen molar-refractivity contribution in [3.63, 3.8) is 0 Å². The van der Waals surface area contributed by atoms with E-state index in [4.69, 9.17) is 0 Å². The number of carbonyl (C=O) groups excluding carboxylic acids is 1. The lowest BCUT2D eigenvalue weighted by Crippen LogP contribution is -2.27. The van der Waals surface area contributed by atoms with Crippen LogP contribution in [-0.4, -0.2) is 14.4 Å². The molecule has 0 radical (unpaired) electrons. The Kier molecular flexibility index (Phi) is 5.68. The molecule has 0 aliphatic rings. The first-order valence-electron chi connectivity index (χ1n) is 6.88. The number of hydrogen-bond acceptors (Lipinski definition) is 4. The summed E-state index contributed by atoms with van der Waals surface area (Å²) in [5.74, 6) is -0.601. The van der Waals surface area contributed by atoms with Gasteiger partial charge in [0.1, 0.15) is 0 Å². The van der Waals surface area contributed by atoms with Gasteiger partial charge in [-0.05, 0) is 35.4 Å².